The van der Waals surface area contributed by atoms with Gasteiger partial charge < -0.3 is 14.9 Å². The summed E-state index contributed by atoms with van der Waals surface area (Å²) in [4.78, 5) is 29.0. The molecule has 3 heterocycles. The highest BCUT2D eigenvalue weighted by Gasteiger charge is 2.39. The van der Waals surface area contributed by atoms with E-state index in [9.17, 15) is 9.59 Å². The Bertz CT molecular complexity index is 532. The molecule has 2 aliphatic rings. The van der Waals surface area contributed by atoms with E-state index in [0.29, 0.717) is 25.4 Å². The molecular weight excluding hydrogens is 300 g/mol. The molecule has 3 rings (SSSR count). The minimum Gasteiger partial charge on any atom is -0.387 e. The van der Waals surface area contributed by atoms with Gasteiger partial charge in [-0.1, -0.05) is 6.07 Å². The second-order valence-electron chi connectivity index (χ2n) is 6.07. The molecule has 0 spiro atoms. The van der Waals surface area contributed by atoms with Crippen molar-refractivity contribution in [3.63, 3.8) is 0 Å². The van der Waals surface area contributed by atoms with E-state index in [2.05, 4.69) is 11.4 Å². The van der Waals surface area contributed by atoms with Gasteiger partial charge in [0.2, 0.25) is 11.8 Å². The summed E-state index contributed by atoms with van der Waals surface area (Å²) in [5.41, 5.74) is 0. The summed E-state index contributed by atoms with van der Waals surface area (Å²) in [5, 5.41) is 11.1. The lowest BCUT2D eigenvalue weighted by molar-refractivity contribution is -0.145. The molecule has 0 saturated carbocycles. The van der Waals surface area contributed by atoms with E-state index in [1.165, 1.54) is 4.88 Å². The van der Waals surface area contributed by atoms with Gasteiger partial charge >= 0.3 is 0 Å². The number of amides is 2. The average molecular weight is 322 g/mol. The summed E-state index contributed by atoms with van der Waals surface area (Å²) >= 11 is 1.73. The Morgan fingerprint density at radius 1 is 1.41 bits per heavy atom. The third-order valence-corrected chi connectivity index (χ3v) is 5.75. The van der Waals surface area contributed by atoms with E-state index in [1.54, 1.807) is 16.2 Å². The van der Waals surface area contributed by atoms with Gasteiger partial charge in [-0.05, 0) is 36.6 Å². The first-order chi connectivity index (χ1) is 10.7. The molecule has 0 aromatic carbocycles. The summed E-state index contributed by atoms with van der Waals surface area (Å²) in [6.45, 7) is 1.67. The van der Waals surface area contributed by atoms with Crippen molar-refractivity contribution in [2.24, 2.45) is 5.92 Å². The van der Waals surface area contributed by atoms with Crippen LogP contribution in [0.5, 0.6) is 0 Å². The largest absolute Gasteiger partial charge is 0.387 e. The summed E-state index contributed by atoms with van der Waals surface area (Å²) in [6, 6.07) is 4.41. The van der Waals surface area contributed by atoms with Gasteiger partial charge in [-0.25, -0.2) is 0 Å². The van der Waals surface area contributed by atoms with Crippen molar-refractivity contribution in [3.8, 4) is 0 Å². The number of thiophene rings is 1. The zero-order valence-corrected chi connectivity index (χ0v) is 13.4. The van der Waals surface area contributed by atoms with Crippen molar-refractivity contribution < 1.29 is 14.7 Å². The number of carbonyl (C=O) groups is 2. The molecule has 1 N–H and O–H groups in total. The van der Waals surface area contributed by atoms with Crippen LogP contribution in [0.3, 0.4) is 0 Å². The molecule has 120 valence electrons. The van der Waals surface area contributed by atoms with E-state index in [-0.39, 0.29) is 17.9 Å². The molecule has 5 nitrogen and oxygen atoms in total. The Balaban J connectivity index is 1.63. The monoisotopic (exact) mass is 322 g/mol. The molecule has 22 heavy (non-hydrogen) atoms. The maximum atomic E-state index is 12.3. The summed E-state index contributed by atoms with van der Waals surface area (Å²) < 4.78 is 0. The van der Waals surface area contributed by atoms with Crippen LogP contribution >= 0.6 is 11.3 Å². The number of likely N-dealkylation sites (tertiary alicyclic amines) is 2. The molecule has 1 aromatic heterocycles. The fraction of sp³-hybridized carbons (Fsp3) is 0.625. The van der Waals surface area contributed by atoms with Crippen LogP contribution in [0.1, 0.15) is 24.1 Å². The fourth-order valence-electron chi connectivity index (χ4n) is 3.65. The van der Waals surface area contributed by atoms with Crippen LogP contribution in [0, 0.1) is 5.92 Å². The molecule has 2 saturated heterocycles. The van der Waals surface area contributed by atoms with Crippen molar-refractivity contribution in [1.29, 1.82) is 0 Å². The predicted molar refractivity (Wildman–Crippen MR) is 84.5 cm³/mol. The molecule has 1 aromatic rings. The first-order valence-electron chi connectivity index (χ1n) is 7.89. The van der Waals surface area contributed by atoms with Crippen molar-refractivity contribution in [2.45, 2.75) is 31.7 Å². The van der Waals surface area contributed by atoms with Gasteiger partial charge in [-0.3, -0.25) is 9.59 Å². The topological polar surface area (TPSA) is 60.9 Å². The van der Waals surface area contributed by atoms with Crippen LogP contribution in [0.4, 0.5) is 0 Å². The lowest BCUT2D eigenvalue weighted by atomic mass is 9.83. The van der Waals surface area contributed by atoms with E-state index in [1.807, 2.05) is 11.0 Å². The van der Waals surface area contributed by atoms with Crippen LogP contribution in [0.2, 0.25) is 0 Å². The van der Waals surface area contributed by atoms with E-state index in [0.717, 1.165) is 25.8 Å². The van der Waals surface area contributed by atoms with Crippen LogP contribution in [-0.4, -0.2) is 59.0 Å². The number of hydrogen-bond acceptors (Lipinski definition) is 4. The average Bonchev–Trinajstić information content (AvgIpc) is 3.06. The molecule has 0 unspecified atom stereocenters. The van der Waals surface area contributed by atoms with Crippen molar-refractivity contribution in [2.75, 3.05) is 26.2 Å². The predicted octanol–water partition coefficient (Wildman–Crippen LogP) is 1.12. The molecule has 2 amide bonds. The SMILES string of the molecule is O=C(CO)N1CC[C@@H]2[C@@H](CCC(=O)N2CCc2cccs2)C1. The van der Waals surface area contributed by atoms with Gasteiger partial charge in [0.25, 0.3) is 0 Å². The smallest absolute Gasteiger partial charge is 0.248 e. The normalized spacial score (nSPS) is 25.2. The van der Waals surface area contributed by atoms with Crippen molar-refractivity contribution in [3.05, 3.63) is 22.4 Å². The second kappa shape index (κ2) is 6.79. The third kappa shape index (κ3) is 3.17. The third-order valence-electron chi connectivity index (χ3n) is 4.81. The number of rotatable bonds is 4. The number of aliphatic hydroxyl groups is 1. The van der Waals surface area contributed by atoms with Gasteiger partial charge in [0, 0.05) is 37.0 Å². The van der Waals surface area contributed by atoms with Gasteiger partial charge in [0.15, 0.2) is 0 Å². The zero-order chi connectivity index (χ0) is 15.5. The Kier molecular flexibility index (Phi) is 4.78. The Hall–Kier alpha value is -1.40. The van der Waals surface area contributed by atoms with Crippen LogP contribution in [0.15, 0.2) is 17.5 Å². The quantitative estimate of drug-likeness (QED) is 0.904. The highest BCUT2D eigenvalue weighted by Crippen LogP contribution is 2.31. The van der Waals surface area contributed by atoms with E-state index >= 15 is 0 Å². The minimum absolute atomic E-state index is 0.194. The van der Waals surface area contributed by atoms with Crippen LogP contribution < -0.4 is 0 Å². The summed E-state index contributed by atoms with van der Waals surface area (Å²) in [7, 11) is 0. The van der Waals surface area contributed by atoms with Crippen LogP contribution in [0.25, 0.3) is 0 Å². The molecule has 6 heteroatoms. The number of hydrogen-bond donors (Lipinski definition) is 1. The molecule has 2 aliphatic heterocycles. The van der Waals surface area contributed by atoms with Gasteiger partial charge in [-0.2, -0.15) is 0 Å². The Labute approximate surface area is 134 Å². The highest BCUT2D eigenvalue weighted by atomic mass is 32.1. The van der Waals surface area contributed by atoms with E-state index < -0.39 is 6.61 Å². The summed E-state index contributed by atoms with van der Waals surface area (Å²) in [6.07, 6.45) is 3.17. The standard InChI is InChI=1S/C16H22N2O3S/c19-11-16(21)17-7-6-14-12(10-17)3-4-15(20)18(14)8-5-13-2-1-9-22-13/h1-2,9,12,14,19H,3-8,10-11H2/t12-,14+/m0/s1. The Morgan fingerprint density at radius 2 is 2.27 bits per heavy atom. The first-order valence-corrected chi connectivity index (χ1v) is 8.77. The molecular formula is C16H22N2O3S. The van der Waals surface area contributed by atoms with Gasteiger partial charge in [0.05, 0.1) is 0 Å². The zero-order valence-electron chi connectivity index (χ0n) is 12.6. The molecule has 0 radical (unpaired) electrons. The van der Waals surface area contributed by atoms with Crippen LogP contribution in [-0.2, 0) is 16.0 Å². The maximum Gasteiger partial charge on any atom is 0.248 e. The van der Waals surface area contributed by atoms with Gasteiger partial charge in [-0.15, -0.1) is 11.3 Å². The number of nitrogens with zero attached hydrogens (tertiary/aromatic N) is 2. The van der Waals surface area contributed by atoms with Crippen molar-refractivity contribution in [1.82, 2.24) is 9.80 Å². The Morgan fingerprint density at radius 3 is 3.00 bits per heavy atom. The summed E-state index contributed by atoms with van der Waals surface area (Å²) in [5.74, 6) is 0.408. The molecule has 0 bridgehead atoms. The fourth-order valence-corrected chi connectivity index (χ4v) is 4.35. The van der Waals surface area contributed by atoms with Gasteiger partial charge in [0.1, 0.15) is 6.61 Å². The van der Waals surface area contributed by atoms with E-state index in [4.69, 9.17) is 5.11 Å². The molecule has 0 aliphatic carbocycles. The number of aliphatic hydroxyl groups excluding tert-OH is 1. The number of piperidine rings is 2. The molecule has 2 atom stereocenters. The van der Waals surface area contributed by atoms with Crippen molar-refractivity contribution >= 4 is 23.2 Å². The number of carbonyl (C=O) groups excluding carboxylic acids is 2. The highest BCUT2D eigenvalue weighted by molar-refractivity contribution is 7.09. The number of fused-ring (bicyclic) bond motifs is 1. The minimum atomic E-state index is -0.418. The lowest BCUT2D eigenvalue weighted by Gasteiger charge is -2.47. The first kappa shape index (κ1) is 15.5. The second-order valence-corrected chi connectivity index (χ2v) is 7.10. The molecule has 2 fully saturated rings. The maximum absolute atomic E-state index is 12.3. The lowest BCUT2D eigenvalue weighted by Crippen LogP contribution is -2.57.